The van der Waals surface area contributed by atoms with Gasteiger partial charge in [-0.15, -0.1) is 0 Å². The minimum Gasteiger partial charge on any atom is -0.494 e. The van der Waals surface area contributed by atoms with E-state index in [1.54, 1.807) is 6.07 Å². The van der Waals surface area contributed by atoms with Crippen molar-refractivity contribution in [3.8, 4) is 0 Å². The highest BCUT2D eigenvalue weighted by molar-refractivity contribution is 9.10. The van der Waals surface area contributed by atoms with Crippen LogP contribution in [0.4, 0.5) is 4.39 Å². The van der Waals surface area contributed by atoms with Gasteiger partial charge in [-0.1, -0.05) is 87.2 Å². The quantitative estimate of drug-likeness (QED) is 0.212. The zero-order valence-electron chi connectivity index (χ0n) is 19.4. The Hall–Kier alpha value is -3.11. The molecule has 0 aliphatic rings. The highest BCUT2D eigenvalue weighted by Crippen LogP contribution is 2.27. The van der Waals surface area contributed by atoms with Gasteiger partial charge in [0.05, 0.1) is 10.2 Å². The van der Waals surface area contributed by atoms with Crippen LogP contribution in [-0.2, 0) is 22.7 Å². The Balaban J connectivity index is 0.00000187. The molecule has 172 valence electrons. The molecular weight excluding hydrogens is 479 g/mol. The molecule has 0 aromatic heterocycles. The summed E-state index contributed by atoms with van der Waals surface area (Å²) in [6.07, 6.45) is 3.69. The van der Waals surface area contributed by atoms with Crippen molar-refractivity contribution < 1.29 is 13.9 Å². The number of allylic oxidation sites excluding steroid dienone is 4. The molecule has 0 spiro atoms. The first kappa shape index (κ1) is 26.1. The van der Waals surface area contributed by atoms with Crippen molar-refractivity contribution in [2.24, 2.45) is 0 Å². The maximum absolute atomic E-state index is 14.2. The van der Waals surface area contributed by atoms with Crippen LogP contribution in [0.25, 0.3) is 5.57 Å². The van der Waals surface area contributed by atoms with Crippen LogP contribution in [0, 0.1) is 5.82 Å². The van der Waals surface area contributed by atoms with Crippen LogP contribution in [-0.4, -0.2) is 0 Å². The lowest BCUT2D eigenvalue weighted by atomic mass is 10.0. The van der Waals surface area contributed by atoms with Gasteiger partial charge in [-0.3, -0.25) is 0 Å². The van der Waals surface area contributed by atoms with Crippen molar-refractivity contribution in [2.45, 2.75) is 34.0 Å². The van der Waals surface area contributed by atoms with Gasteiger partial charge in [-0.05, 0) is 63.8 Å². The van der Waals surface area contributed by atoms with E-state index in [1.165, 1.54) is 6.07 Å². The zero-order valence-corrected chi connectivity index (χ0v) is 20.9. The first-order valence-electron chi connectivity index (χ1n) is 10.9. The molecule has 0 N–H and O–H groups in total. The zero-order chi connectivity index (χ0) is 24.1. The minimum absolute atomic E-state index is 0.347. The summed E-state index contributed by atoms with van der Waals surface area (Å²) in [6, 6.07) is 24.7. The van der Waals surface area contributed by atoms with Gasteiger partial charge in [0.15, 0.2) is 0 Å². The van der Waals surface area contributed by atoms with Crippen LogP contribution >= 0.6 is 15.9 Å². The lowest BCUT2D eigenvalue weighted by Crippen LogP contribution is -1.97. The number of halogens is 2. The summed E-state index contributed by atoms with van der Waals surface area (Å²) in [5.74, 6) is 0.841. The van der Waals surface area contributed by atoms with Gasteiger partial charge in [-0.2, -0.15) is 0 Å². The Labute approximate surface area is 205 Å². The summed E-state index contributed by atoms with van der Waals surface area (Å²) in [7, 11) is 0. The van der Waals surface area contributed by atoms with Crippen molar-refractivity contribution in [2.75, 3.05) is 0 Å². The molecule has 3 aromatic carbocycles. The second-order valence-corrected chi connectivity index (χ2v) is 7.81. The lowest BCUT2D eigenvalue weighted by molar-refractivity contribution is 0.201. The maximum Gasteiger partial charge on any atom is 0.137 e. The van der Waals surface area contributed by atoms with Crippen molar-refractivity contribution in [1.29, 1.82) is 0 Å². The molecule has 33 heavy (non-hydrogen) atoms. The van der Waals surface area contributed by atoms with E-state index >= 15 is 0 Å². The summed E-state index contributed by atoms with van der Waals surface area (Å²) in [4.78, 5) is 0. The first-order valence-corrected chi connectivity index (χ1v) is 11.7. The normalized spacial score (nSPS) is 11.3. The van der Waals surface area contributed by atoms with Gasteiger partial charge in [0, 0.05) is 5.57 Å². The second-order valence-electron chi connectivity index (χ2n) is 6.96. The topological polar surface area (TPSA) is 18.5 Å². The van der Waals surface area contributed by atoms with Gasteiger partial charge >= 0.3 is 0 Å². The molecule has 0 fully saturated rings. The molecule has 0 radical (unpaired) electrons. The average molecular weight is 509 g/mol. The standard InChI is InChI=1S/C27H24BrFO2.C2H6/c1-20(30-18-22-9-5-3-6-10-22)13-15-25(24-14-16-26(28)27(29)17-24)21(2)31-19-23-11-7-4-8-12-23;1-2/h3-17H,2,18-19H2,1H3;1-2H3/b20-13+,25-15+;. The number of rotatable bonds is 9. The smallest absolute Gasteiger partial charge is 0.137 e. The van der Waals surface area contributed by atoms with E-state index in [4.69, 9.17) is 9.47 Å². The van der Waals surface area contributed by atoms with E-state index in [-0.39, 0.29) is 5.82 Å². The third-order valence-corrected chi connectivity index (χ3v) is 5.22. The molecule has 0 aliphatic heterocycles. The van der Waals surface area contributed by atoms with E-state index in [0.29, 0.717) is 34.6 Å². The van der Waals surface area contributed by atoms with Crippen LogP contribution in [0.2, 0.25) is 0 Å². The predicted octanol–water partition coefficient (Wildman–Crippen LogP) is 8.85. The van der Waals surface area contributed by atoms with Gasteiger partial charge in [0.2, 0.25) is 0 Å². The fourth-order valence-corrected chi connectivity index (χ4v) is 3.10. The molecule has 0 heterocycles. The molecule has 4 heteroatoms. The monoisotopic (exact) mass is 508 g/mol. The Bertz CT molecular complexity index is 1070. The molecule has 0 atom stereocenters. The number of hydrogen-bond acceptors (Lipinski definition) is 2. The molecule has 3 rings (SSSR count). The molecule has 0 saturated heterocycles. The van der Waals surface area contributed by atoms with Crippen LogP contribution in [0.5, 0.6) is 0 Å². The number of benzene rings is 3. The number of ether oxygens (including phenoxy) is 2. The Morgan fingerprint density at radius 3 is 1.94 bits per heavy atom. The van der Waals surface area contributed by atoms with E-state index in [9.17, 15) is 4.39 Å². The maximum atomic E-state index is 14.2. The van der Waals surface area contributed by atoms with Crippen LogP contribution in [0.3, 0.4) is 0 Å². The highest BCUT2D eigenvalue weighted by atomic mass is 79.9. The summed E-state index contributed by atoms with van der Waals surface area (Å²) in [6.45, 7) is 10.8. The molecule has 0 saturated carbocycles. The minimum atomic E-state index is -0.347. The molecule has 0 amide bonds. The average Bonchev–Trinajstić information content (AvgIpc) is 2.86. The van der Waals surface area contributed by atoms with Crippen molar-refractivity contribution in [3.63, 3.8) is 0 Å². The van der Waals surface area contributed by atoms with Gasteiger partial charge in [0.1, 0.15) is 24.8 Å². The van der Waals surface area contributed by atoms with Gasteiger partial charge in [0.25, 0.3) is 0 Å². The van der Waals surface area contributed by atoms with E-state index in [1.807, 2.05) is 99.7 Å². The van der Waals surface area contributed by atoms with Crippen LogP contribution in [0.15, 0.2) is 114 Å². The van der Waals surface area contributed by atoms with Crippen molar-refractivity contribution >= 4 is 21.5 Å². The van der Waals surface area contributed by atoms with E-state index in [2.05, 4.69) is 22.5 Å². The van der Waals surface area contributed by atoms with Crippen LogP contribution < -0.4 is 0 Å². The largest absolute Gasteiger partial charge is 0.494 e. The fourth-order valence-electron chi connectivity index (χ4n) is 2.86. The highest BCUT2D eigenvalue weighted by Gasteiger charge is 2.10. The lowest BCUT2D eigenvalue weighted by Gasteiger charge is -2.14. The third kappa shape index (κ3) is 8.74. The molecule has 0 bridgehead atoms. The molecule has 0 unspecified atom stereocenters. The summed E-state index contributed by atoms with van der Waals surface area (Å²) in [5.41, 5.74) is 3.48. The van der Waals surface area contributed by atoms with E-state index < -0.39 is 0 Å². The van der Waals surface area contributed by atoms with Crippen LogP contribution in [0.1, 0.15) is 37.5 Å². The van der Waals surface area contributed by atoms with Crippen molar-refractivity contribution in [1.82, 2.24) is 0 Å². The molecule has 3 aromatic rings. The molecule has 2 nitrogen and oxygen atoms in total. The SMILES string of the molecule is C=C(OCc1ccccc1)/C(=C\C=C(/C)OCc1ccccc1)c1ccc(Br)c(F)c1.CC. The Kier molecular flexibility index (Phi) is 11.2. The van der Waals surface area contributed by atoms with E-state index in [0.717, 1.165) is 16.9 Å². The number of hydrogen-bond donors (Lipinski definition) is 0. The predicted molar refractivity (Wildman–Crippen MR) is 139 cm³/mol. The first-order chi connectivity index (χ1) is 16.0. The van der Waals surface area contributed by atoms with Gasteiger partial charge < -0.3 is 9.47 Å². The molecule has 0 aliphatic carbocycles. The van der Waals surface area contributed by atoms with Crippen molar-refractivity contribution in [3.05, 3.63) is 136 Å². The third-order valence-electron chi connectivity index (χ3n) is 4.58. The molecular formula is C29H30BrFO2. The summed E-state index contributed by atoms with van der Waals surface area (Å²) < 4.78 is 26.3. The summed E-state index contributed by atoms with van der Waals surface area (Å²) >= 11 is 3.20. The Morgan fingerprint density at radius 1 is 0.848 bits per heavy atom. The summed E-state index contributed by atoms with van der Waals surface area (Å²) in [5, 5.41) is 0. The Morgan fingerprint density at radius 2 is 1.39 bits per heavy atom. The fraction of sp³-hybridized carbons (Fsp3) is 0.172. The second kappa shape index (κ2) is 14.1. The van der Waals surface area contributed by atoms with Gasteiger partial charge in [-0.25, -0.2) is 4.39 Å².